The number of carbonyl (C=O) groups is 3. The van der Waals surface area contributed by atoms with Crippen molar-refractivity contribution in [3.05, 3.63) is 34.9 Å². The van der Waals surface area contributed by atoms with Crippen LogP contribution >= 0.6 is 0 Å². The fourth-order valence-electron chi connectivity index (χ4n) is 1.97. The van der Waals surface area contributed by atoms with Gasteiger partial charge in [0.1, 0.15) is 17.1 Å². The van der Waals surface area contributed by atoms with Crippen LogP contribution in [0.15, 0.2) is 18.2 Å². The highest BCUT2D eigenvalue weighted by Gasteiger charge is 2.31. The van der Waals surface area contributed by atoms with Crippen molar-refractivity contribution >= 4 is 17.5 Å². The molecule has 6 heteroatoms. The molecule has 1 aromatic rings. The maximum atomic E-state index is 11.9. The van der Waals surface area contributed by atoms with Crippen molar-refractivity contribution in [2.24, 2.45) is 0 Å². The average Bonchev–Trinajstić information content (AvgIpc) is 2.40. The van der Waals surface area contributed by atoms with Crippen molar-refractivity contribution < 1.29 is 29.0 Å². The van der Waals surface area contributed by atoms with Crippen LogP contribution in [0.1, 0.15) is 31.1 Å². The highest BCUT2D eigenvalue weighted by molar-refractivity contribution is 6.25. The smallest absolute Gasteiger partial charge is 0.339 e. The molecule has 0 spiro atoms. The molecule has 6 nitrogen and oxygen atoms in total. The molecular formula is C13H10O6. The lowest BCUT2D eigenvalue weighted by Gasteiger charge is -2.18. The van der Waals surface area contributed by atoms with E-state index < -0.39 is 17.5 Å². The number of ether oxygens (including phenoxy) is 2. The summed E-state index contributed by atoms with van der Waals surface area (Å²) >= 11 is 0. The maximum absolute atomic E-state index is 11.9. The minimum absolute atomic E-state index is 0.0249. The predicted octanol–water partition coefficient (Wildman–Crippen LogP) is 1.34. The van der Waals surface area contributed by atoms with Crippen LogP contribution in [0.4, 0.5) is 0 Å². The Kier molecular flexibility index (Phi) is 3.08. The van der Waals surface area contributed by atoms with Crippen LogP contribution < -0.4 is 9.47 Å². The molecule has 0 aliphatic heterocycles. The van der Waals surface area contributed by atoms with E-state index in [0.29, 0.717) is 0 Å². The van der Waals surface area contributed by atoms with Crippen LogP contribution in [0.25, 0.3) is 0 Å². The summed E-state index contributed by atoms with van der Waals surface area (Å²) in [5, 5.41) is 9.12. The number of rotatable bonds is 3. The molecule has 0 unspecified atom stereocenters. The number of carbonyl (C=O) groups excluding carboxylic acids is 2. The van der Waals surface area contributed by atoms with E-state index in [4.69, 9.17) is 14.6 Å². The van der Waals surface area contributed by atoms with E-state index in [1.165, 1.54) is 20.3 Å². The Labute approximate surface area is 108 Å². The molecule has 1 N–H and O–H groups in total. The molecule has 0 saturated carbocycles. The van der Waals surface area contributed by atoms with E-state index in [1.807, 2.05) is 0 Å². The largest absolute Gasteiger partial charge is 0.496 e. The van der Waals surface area contributed by atoms with Gasteiger partial charge in [-0.1, -0.05) is 0 Å². The third-order valence-corrected chi connectivity index (χ3v) is 2.78. The van der Waals surface area contributed by atoms with Crippen LogP contribution in [0.3, 0.4) is 0 Å². The second kappa shape index (κ2) is 4.56. The minimum Gasteiger partial charge on any atom is -0.496 e. The number of hydrogen-bond acceptors (Lipinski definition) is 5. The number of hydrogen-bond donors (Lipinski definition) is 1. The highest BCUT2D eigenvalue weighted by Crippen LogP contribution is 2.37. The summed E-state index contributed by atoms with van der Waals surface area (Å²) in [6.07, 6.45) is 2.20. The molecule has 1 aliphatic carbocycles. The SMILES string of the molecule is COc1cc(C(=O)O)c(OC)c2c1C(=O)C=CC2=O. The van der Waals surface area contributed by atoms with E-state index >= 15 is 0 Å². The Morgan fingerprint density at radius 3 is 2.11 bits per heavy atom. The standard InChI is InChI=1S/C13H10O6/c1-18-9-5-6(13(16)17)12(19-2)11-8(15)4-3-7(14)10(9)11/h3-5H,1-2H3,(H,16,17). The Morgan fingerprint density at radius 2 is 1.63 bits per heavy atom. The van der Waals surface area contributed by atoms with Crippen LogP contribution in [-0.4, -0.2) is 36.9 Å². The minimum atomic E-state index is -1.27. The van der Waals surface area contributed by atoms with E-state index in [-0.39, 0.29) is 28.2 Å². The van der Waals surface area contributed by atoms with Gasteiger partial charge >= 0.3 is 5.97 Å². The Morgan fingerprint density at radius 1 is 1.05 bits per heavy atom. The molecule has 0 heterocycles. The lowest BCUT2D eigenvalue weighted by atomic mass is 9.90. The van der Waals surface area contributed by atoms with Gasteiger partial charge in [0, 0.05) is 0 Å². The summed E-state index contributed by atoms with van der Waals surface area (Å²) < 4.78 is 9.98. The molecule has 0 radical (unpaired) electrons. The van der Waals surface area contributed by atoms with Crippen molar-refractivity contribution in [1.82, 2.24) is 0 Å². The number of ketones is 2. The van der Waals surface area contributed by atoms with Crippen molar-refractivity contribution in [1.29, 1.82) is 0 Å². The lowest BCUT2D eigenvalue weighted by molar-refractivity contribution is 0.0692. The van der Waals surface area contributed by atoms with Gasteiger partial charge in [0.25, 0.3) is 0 Å². The second-order valence-corrected chi connectivity index (χ2v) is 3.78. The number of fused-ring (bicyclic) bond motifs is 1. The van der Waals surface area contributed by atoms with Crippen LogP contribution in [-0.2, 0) is 0 Å². The number of carboxylic acids is 1. The fraction of sp³-hybridized carbons (Fsp3) is 0.154. The van der Waals surface area contributed by atoms with Gasteiger partial charge in [0.2, 0.25) is 0 Å². The van der Waals surface area contributed by atoms with Gasteiger partial charge in [-0.05, 0) is 18.2 Å². The number of benzene rings is 1. The molecule has 1 aromatic carbocycles. The number of aromatic carboxylic acids is 1. The van der Waals surface area contributed by atoms with E-state index in [2.05, 4.69) is 0 Å². The highest BCUT2D eigenvalue weighted by atomic mass is 16.5. The summed E-state index contributed by atoms with van der Waals surface area (Å²) in [7, 11) is 2.54. The van der Waals surface area contributed by atoms with Crippen LogP contribution in [0, 0.1) is 0 Å². The zero-order valence-electron chi connectivity index (χ0n) is 10.2. The van der Waals surface area contributed by atoms with Gasteiger partial charge in [0.15, 0.2) is 11.6 Å². The zero-order chi connectivity index (χ0) is 14.2. The second-order valence-electron chi connectivity index (χ2n) is 3.78. The van der Waals surface area contributed by atoms with Crippen molar-refractivity contribution in [2.75, 3.05) is 14.2 Å². The number of carboxylic acid groups (broad SMARTS) is 1. The van der Waals surface area contributed by atoms with Gasteiger partial charge in [0.05, 0.1) is 25.3 Å². The molecule has 2 rings (SSSR count). The third kappa shape index (κ3) is 1.87. The van der Waals surface area contributed by atoms with Crippen molar-refractivity contribution in [2.45, 2.75) is 0 Å². The van der Waals surface area contributed by atoms with Crippen molar-refractivity contribution in [3.63, 3.8) is 0 Å². The Balaban J connectivity index is 2.89. The molecule has 0 fully saturated rings. The molecule has 98 valence electrons. The molecular weight excluding hydrogens is 252 g/mol. The average molecular weight is 262 g/mol. The summed E-state index contributed by atoms with van der Waals surface area (Å²) in [5.74, 6) is -2.29. The molecule has 0 amide bonds. The maximum Gasteiger partial charge on any atom is 0.339 e. The van der Waals surface area contributed by atoms with Gasteiger partial charge in [-0.3, -0.25) is 9.59 Å². The predicted molar refractivity (Wildman–Crippen MR) is 64.3 cm³/mol. The summed E-state index contributed by atoms with van der Waals surface area (Å²) in [6.45, 7) is 0. The summed E-state index contributed by atoms with van der Waals surface area (Å²) in [4.78, 5) is 34.9. The van der Waals surface area contributed by atoms with E-state index in [1.54, 1.807) is 0 Å². The first-order valence-electron chi connectivity index (χ1n) is 5.30. The van der Waals surface area contributed by atoms with Crippen LogP contribution in [0.2, 0.25) is 0 Å². The Hall–Kier alpha value is -2.63. The number of allylic oxidation sites excluding steroid dienone is 2. The zero-order valence-corrected chi connectivity index (χ0v) is 10.2. The Bertz CT molecular complexity index is 627. The summed E-state index contributed by atoms with van der Waals surface area (Å²) in [5.41, 5.74) is -0.279. The van der Waals surface area contributed by atoms with E-state index in [9.17, 15) is 14.4 Å². The molecule has 0 atom stereocenters. The normalized spacial score (nSPS) is 13.2. The van der Waals surface area contributed by atoms with E-state index in [0.717, 1.165) is 12.2 Å². The number of methoxy groups -OCH3 is 2. The summed E-state index contributed by atoms with van der Waals surface area (Å²) in [6, 6.07) is 1.17. The van der Waals surface area contributed by atoms with Gasteiger partial charge < -0.3 is 14.6 Å². The van der Waals surface area contributed by atoms with Gasteiger partial charge in [-0.15, -0.1) is 0 Å². The molecule has 0 saturated heterocycles. The van der Waals surface area contributed by atoms with Crippen molar-refractivity contribution in [3.8, 4) is 11.5 Å². The van der Waals surface area contributed by atoms with Gasteiger partial charge in [-0.25, -0.2) is 4.79 Å². The first-order valence-corrected chi connectivity index (χ1v) is 5.30. The quantitative estimate of drug-likeness (QED) is 0.883. The molecule has 0 aromatic heterocycles. The molecule has 0 bridgehead atoms. The molecule has 1 aliphatic rings. The topological polar surface area (TPSA) is 89.9 Å². The lowest BCUT2D eigenvalue weighted by Crippen LogP contribution is -2.17. The van der Waals surface area contributed by atoms with Gasteiger partial charge in [-0.2, -0.15) is 0 Å². The third-order valence-electron chi connectivity index (χ3n) is 2.78. The first kappa shape index (κ1) is 12.8. The monoisotopic (exact) mass is 262 g/mol. The first-order chi connectivity index (χ1) is 9.01. The fourth-order valence-corrected chi connectivity index (χ4v) is 1.97. The molecule has 19 heavy (non-hydrogen) atoms. The van der Waals surface area contributed by atoms with Crippen LogP contribution in [0.5, 0.6) is 11.5 Å².